The molecule has 0 aromatic heterocycles. The van der Waals surface area contributed by atoms with Gasteiger partial charge in [0.15, 0.2) is 0 Å². The molecular formula is C12H15F3O. The summed E-state index contributed by atoms with van der Waals surface area (Å²) in [6, 6.07) is 5.63. The Balaban J connectivity index is 2.37. The Bertz CT molecular complexity index is 324. The van der Waals surface area contributed by atoms with Gasteiger partial charge in [-0.05, 0) is 43.5 Å². The molecule has 1 aromatic rings. The van der Waals surface area contributed by atoms with Gasteiger partial charge in [-0.15, -0.1) is 0 Å². The molecule has 0 aliphatic carbocycles. The maximum atomic E-state index is 11.9. The smallest absolute Gasteiger partial charge is 0.389 e. The lowest BCUT2D eigenvalue weighted by molar-refractivity contribution is -0.136. The summed E-state index contributed by atoms with van der Waals surface area (Å²) in [7, 11) is 0. The first-order chi connectivity index (χ1) is 7.37. The second-order valence-electron chi connectivity index (χ2n) is 3.89. The van der Waals surface area contributed by atoms with Crippen molar-refractivity contribution in [2.75, 3.05) is 6.61 Å². The number of alkyl halides is 3. The fourth-order valence-electron chi connectivity index (χ4n) is 1.48. The highest BCUT2D eigenvalue weighted by Crippen LogP contribution is 2.22. The summed E-state index contributed by atoms with van der Waals surface area (Å²) in [5.41, 5.74) is 2.09. The molecule has 1 rings (SSSR count). The van der Waals surface area contributed by atoms with E-state index in [9.17, 15) is 13.2 Å². The van der Waals surface area contributed by atoms with E-state index in [0.717, 1.165) is 11.1 Å². The predicted octanol–water partition coefficient (Wildman–Crippen LogP) is 4.02. The zero-order valence-corrected chi connectivity index (χ0v) is 9.40. The van der Waals surface area contributed by atoms with E-state index < -0.39 is 12.6 Å². The Morgan fingerprint density at radius 1 is 1.06 bits per heavy atom. The van der Waals surface area contributed by atoms with Gasteiger partial charge < -0.3 is 4.74 Å². The summed E-state index contributed by atoms with van der Waals surface area (Å²) in [6.45, 7) is 3.95. The molecule has 0 fully saturated rings. The van der Waals surface area contributed by atoms with E-state index >= 15 is 0 Å². The van der Waals surface area contributed by atoms with Crippen LogP contribution in [0.4, 0.5) is 13.2 Å². The molecule has 0 saturated heterocycles. The molecule has 0 heterocycles. The minimum atomic E-state index is -4.09. The molecule has 0 bridgehead atoms. The lowest BCUT2D eigenvalue weighted by Crippen LogP contribution is -2.09. The van der Waals surface area contributed by atoms with Gasteiger partial charge in [0.2, 0.25) is 0 Å². The van der Waals surface area contributed by atoms with Gasteiger partial charge in [0.1, 0.15) is 5.75 Å². The SMILES string of the molecule is Cc1cc(C)cc(OCCCC(F)(F)F)c1. The van der Waals surface area contributed by atoms with Crippen molar-refractivity contribution >= 4 is 0 Å². The molecule has 1 nitrogen and oxygen atoms in total. The molecular weight excluding hydrogens is 217 g/mol. The van der Waals surface area contributed by atoms with E-state index in [-0.39, 0.29) is 13.0 Å². The summed E-state index contributed by atoms with van der Waals surface area (Å²) < 4.78 is 40.8. The van der Waals surface area contributed by atoms with Crippen LogP contribution >= 0.6 is 0 Å². The number of hydrogen-bond donors (Lipinski definition) is 0. The number of halogens is 3. The van der Waals surface area contributed by atoms with Gasteiger partial charge in [-0.25, -0.2) is 0 Å². The zero-order valence-electron chi connectivity index (χ0n) is 9.40. The van der Waals surface area contributed by atoms with Gasteiger partial charge in [0.05, 0.1) is 6.61 Å². The molecule has 90 valence electrons. The van der Waals surface area contributed by atoms with E-state index in [2.05, 4.69) is 0 Å². The Morgan fingerprint density at radius 3 is 2.12 bits per heavy atom. The minimum absolute atomic E-state index is 0.00348. The van der Waals surface area contributed by atoms with Gasteiger partial charge in [0.25, 0.3) is 0 Å². The standard InChI is InChI=1S/C12H15F3O/c1-9-6-10(2)8-11(7-9)16-5-3-4-12(13,14)15/h6-8H,3-5H2,1-2H3. The fourth-order valence-corrected chi connectivity index (χ4v) is 1.48. The van der Waals surface area contributed by atoms with Gasteiger partial charge in [-0.1, -0.05) is 6.07 Å². The number of ether oxygens (including phenoxy) is 1. The Morgan fingerprint density at radius 2 is 1.62 bits per heavy atom. The van der Waals surface area contributed by atoms with Crippen LogP contribution in [0.15, 0.2) is 18.2 Å². The zero-order chi connectivity index (χ0) is 12.2. The normalized spacial score (nSPS) is 11.6. The monoisotopic (exact) mass is 232 g/mol. The van der Waals surface area contributed by atoms with Gasteiger partial charge in [-0.3, -0.25) is 0 Å². The molecule has 0 N–H and O–H groups in total. The predicted molar refractivity (Wildman–Crippen MR) is 56.7 cm³/mol. The van der Waals surface area contributed by atoms with Crippen molar-refractivity contribution in [1.82, 2.24) is 0 Å². The fraction of sp³-hybridized carbons (Fsp3) is 0.500. The highest BCUT2D eigenvalue weighted by molar-refractivity contribution is 5.32. The van der Waals surface area contributed by atoms with E-state index in [4.69, 9.17) is 4.74 Å². The van der Waals surface area contributed by atoms with Crippen LogP contribution in [0.5, 0.6) is 5.75 Å². The number of benzene rings is 1. The number of aryl methyl sites for hydroxylation is 2. The average Bonchev–Trinajstić information content (AvgIpc) is 2.09. The molecule has 0 atom stereocenters. The molecule has 16 heavy (non-hydrogen) atoms. The summed E-state index contributed by atoms with van der Waals surface area (Å²) in [4.78, 5) is 0. The largest absolute Gasteiger partial charge is 0.494 e. The summed E-state index contributed by atoms with van der Waals surface area (Å²) in [6.07, 6.45) is -4.89. The van der Waals surface area contributed by atoms with Crippen molar-refractivity contribution < 1.29 is 17.9 Å². The summed E-state index contributed by atoms with van der Waals surface area (Å²) in [5, 5.41) is 0. The first kappa shape index (κ1) is 12.9. The Labute approximate surface area is 93.2 Å². The van der Waals surface area contributed by atoms with Crippen LogP contribution in [0.3, 0.4) is 0 Å². The third-order valence-corrected chi connectivity index (χ3v) is 2.07. The first-order valence-corrected chi connectivity index (χ1v) is 5.15. The van der Waals surface area contributed by atoms with Crippen molar-refractivity contribution in [1.29, 1.82) is 0 Å². The van der Waals surface area contributed by atoms with Crippen LogP contribution in [0.2, 0.25) is 0 Å². The van der Waals surface area contributed by atoms with E-state index in [1.54, 1.807) is 0 Å². The van der Waals surface area contributed by atoms with Crippen molar-refractivity contribution in [3.05, 3.63) is 29.3 Å². The lowest BCUT2D eigenvalue weighted by Gasteiger charge is -2.09. The van der Waals surface area contributed by atoms with Crippen LogP contribution in [0, 0.1) is 13.8 Å². The van der Waals surface area contributed by atoms with Gasteiger partial charge in [-0.2, -0.15) is 13.2 Å². The third-order valence-electron chi connectivity index (χ3n) is 2.07. The van der Waals surface area contributed by atoms with E-state index in [1.165, 1.54) is 0 Å². The molecule has 0 aliphatic rings. The summed E-state index contributed by atoms with van der Waals surface area (Å²) in [5.74, 6) is 0.639. The van der Waals surface area contributed by atoms with Crippen LogP contribution < -0.4 is 4.74 Å². The minimum Gasteiger partial charge on any atom is -0.494 e. The topological polar surface area (TPSA) is 9.23 Å². The van der Waals surface area contributed by atoms with Crippen molar-refractivity contribution in [2.24, 2.45) is 0 Å². The molecule has 1 aromatic carbocycles. The summed E-state index contributed by atoms with van der Waals surface area (Å²) >= 11 is 0. The van der Waals surface area contributed by atoms with Crippen LogP contribution in [-0.2, 0) is 0 Å². The van der Waals surface area contributed by atoms with Gasteiger partial charge >= 0.3 is 6.18 Å². The molecule has 0 spiro atoms. The number of rotatable bonds is 4. The van der Waals surface area contributed by atoms with Crippen LogP contribution in [0.25, 0.3) is 0 Å². The third kappa shape index (κ3) is 5.05. The second-order valence-corrected chi connectivity index (χ2v) is 3.89. The molecule has 0 aliphatic heterocycles. The molecule has 0 saturated carbocycles. The maximum absolute atomic E-state index is 11.9. The molecule has 0 radical (unpaired) electrons. The Hall–Kier alpha value is -1.19. The lowest BCUT2D eigenvalue weighted by atomic mass is 10.1. The van der Waals surface area contributed by atoms with Crippen molar-refractivity contribution in [3.8, 4) is 5.75 Å². The average molecular weight is 232 g/mol. The second kappa shape index (κ2) is 5.23. The molecule has 0 unspecified atom stereocenters. The Kier molecular flexibility index (Phi) is 4.21. The van der Waals surface area contributed by atoms with Crippen molar-refractivity contribution in [3.63, 3.8) is 0 Å². The number of hydrogen-bond acceptors (Lipinski definition) is 1. The maximum Gasteiger partial charge on any atom is 0.389 e. The van der Waals surface area contributed by atoms with Crippen molar-refractivity contribution in [2.45, 2.75) is 32.9 Å². The van der Waals surface area contributed by atoms with Crippen LogP contribution in [-0.4, -0.2) is 12.8 Å². The van der Waals surface area contributed by atoms with Gasteiger partial charge in [0, 0.05) is 6.42 Å². The van der Waals surface area contributed by atoms with E-state index in [0.29, 0.717) is 5.75 Å². The molecule has 0 amide bonds. The highest BCUT2D eigenvalue weighted by Gasteiger charge is 2.26. The molecule has 4 heteroatoms. The quantitative estimate of drug-likeness (QED) is 0.712. The first-order valence-electron chi connectivity index (χ1n) is 5.15. The highest BCUT2D eigenvalue weighted by atomic mass is 19.4. The van der Waals surface area contributed by atoms with E-state index in [1.807, 2.05) is 32.0 Å². The van der Waals surface area contributed by atoms with Crippen LogP contribution in [0.1, 0.15) is 24.0 Å².